The second kappa shape index (κ2) is 19.9. The van der Waals surface area contributed by atoms with Crippen molar-refractivity contribution >= 4 is 17.8 Å². The first-order valence-corrected chi connectivity index (χ1v) is 16.4. The van der Waals surface area contributed by atoms with Crippen LogP contribution in [0.5, 0.6) is 5.75 Å². The number of aliphatic hydroxyl groups is 1. The lowest BCUT2D eigenvalue weighted by molar-refractivity contribution is -0.146. The highest BCUT2D eigenvalue weighted by Gasteiger charge is 2.25. The van der Waals surface area contributed by atoms with E-state index in [9.17, 15) is 19.5 Å². The van der Waals surface area contributed by atoms with Gasteiger partial charge in [-0.25, -0.2) is 0 Å². The monoisotopic (exact) mass is 642 g/mol. The molecule has 1 heterocycles. The standard InChI is InChI=1S/C38H46N2O7/c41-24-33(22-29-18-20-35(21-19-29)46-26-31-14-8-5-9-15-31)39-36(42)23-32-16-10-2-1-3-11-17-37(43)47-28-34(40-38(32)44)27-45-25-30-12-6-4-7-13-30/h2,4-10,12-15,18-21,32-34,41H,1,3,11,16-17,22-28H2,(H,39,42)(H,40,44)/t32-,33+,34+/m1/s1. The zero-order chi connectivity index (χ0) is 33.1. The Kier molecular flexibility index (Phi) is 15.0. The summed E-state index contributed by atoms with van der Waals surface area (Å²) in [6.45, 7) is 0.691. The third kappa shape index (κ3) is 13.4. The Morgan fingerprint density at radius 3 is 2.30 bits per heavy atom. The normalized spacial score (nSPS) is 18.3. The van der Waals surface area contributed by atoms with Crippen LogP contribution in [0.3, 0.4) is 0 Å². The quantitative estimate of drug-likeness (QED) is 0.176. The number of rotatable bonds is 13. The first-order chi connectivity index (χ1) is 23.0. The molecule has 0 fully saturated rings. The topological polar surface area (TPSA) is 123 Å². The van der Waals surface area contributed by atoms with E-state index in [2.05, 4.69) is 10.6 Å². The van der Waals surface area contributed by atoms with Crippen LogP contribution in [0.25, 0.3) is 0 Å². The molecule has 0 saturated carbocycles. The van der Waals surface area contributed by atoms with Gasteiger partial charge in [-0.15, -0.1) is 0 Å². The molecule has 0 bridgehead atoms. The molecule has 250 valence electrons. The first kappa shape index (κ1) is 35.4. The molecule has 3 aromatic rings. The number of hydrogen-bond acceptors (Lipinski definition) is 7. The number of amides is 2. The van der Waals surface area contributed by atoms with Gasteiger partial charge in [0.2, 0.25) is 11.8 Å². The molecule has 1 aliphatic heterocycles. The van der Waals surface area contributed by atoms with Gasteiger partial charge in [-0.2, -0.15) is 0 Å². The molecule has 3 aromatic carbocycles. The van der Waals surface area contributed by atoms with E-state index >= 15 is 0 Å². The van der Waals surface area contributed by atoms with E-state index in [-0.39, 0.29) is 44.0 Å². The summed E-state index contributed by atoms with van der Waals surface area (Å²) in [5, 5.41) is 15.9. The third-order valence-corrected chi connectivity index (χ3v) is 7.85. The van der Waals surface area contributed by atoms with Crippen molar-refractivity contribution in [2.45, 2.75) is 70.2 Å². The largest absolute Gasteiger partial charge is 0.489 e. The lowest BCUT2D eigenvalue weighted by atomic mass is 9.97. The zero-order valence-corrected chi connectivity index (χ0v) is 26.9. The van der Waals surface area contributed by atoms with Crippen LogP contribution < -0.4 is 15.4 Å². The van der Waals surface area contributed by atoms with Crippen LogP contribution in [0.4, 0.5) is 0 Å². The van der Waals surface area contributed by atoms with Crippen molar-refractivity contribution in [3.8, 4) is 5.75 Å². The highest BCUT2D eigenvalue weighted by Crippen LogP contribution is 2.17. The van der Waals surface area contributed by atoms with Crippen molar-refractivity contribution < 1.29 is 33.7 Å². The summed E-state index contributed by atoms with van der Waals surface area (Å²) < 4.78 is 17.2. The van der Waals surface area contributed by atoms with Crippen molar-refractivity contribution in [3.63, 3.8) is 0 Å². The number of cyclic esters (lactones) is 1. The molecule has 47 heavy (non-hydrogen) atoms. The van der Waals surface area contributed by atoms with Gasteiger partial charge in [0, 0.05) is 12.8 Å². The van der Waals surface area contributed by atoms with Gasteiger partial charge in [0.05, 0.1) is 37.8 Å². The molecule has 3 N–H and O–H groups in total. The number of nitrogens with one attached hydrogen (secondary N) is 2. The van der Waals surface area contributed by atoms with Crippen molar-refractivity contribution in [2.75, 3.05) is 19.8 Å². The Labute approximate surface area is 277 Å². The Morgan fingerprint density at radius 2 is 1.60 bits per heavy atom. The summed E-state index contributed by atoms with van der Waals surface area (Å²) in [5.41, 5.74) is 3.00. The maximum Gasteiger partial charge on any atom is 0.305 e. The summed E-state index contributed by atoms with van der Waals surface area (Å²) >= 11 is 0. The number of esters is 1. The zero-order valence-electron chi connectivity index (χ0n) is 26.9. The van der Waals surface area contributed by atoms with E-state index in [1.807, 2.05) is 97.1 Å². The maximum absolute atomic E-state index is 13.5. The smallest absolute Gasteiger partial charge is 0.305 e. The second-order valence-electron chi connectivity index (χ2n) is 11.8. The van der Waals surface area contributed by atoms with Crippen LogP contribution in [-0.2, 0) is 43.5 Å². The summed E-state index contributed by atoms with van der Waals surface area (Å²) in [4.78, 5) is 38.9. The van der Waals surface area contributed by atoms with Crippen molar-refractivity contribution in [2.24, 2.45) is 5.92 Å². The third-order valence-electron chi connectivity index (χ3n) is 7.85. The van der Waals surface area contributed by atoms with Crippen LogP contribution in [0.1, 0.15) is 55.2 Å². The van der Waals surface area contributed by atoms with Crippen LogP contribution in [-0.4, -0.2) is 54.8 Å². The van der Waals surface area contributed by atoms with Gasteiger partial charge in [0.15, 0.2) is 0 Å². The van der Waals surface area contributed by atoms with Gasteiger partial charge < -0.3 is 30.0 Å². The highest BCUT2D eigenvalue weighted by molar-refractivity contribution is 5.86. The molecular formula is C38H46N2O7. The Bertz CT molecular complexity index is 1400. The van der Waals surface area contributed by atoms with E-state index in [1.165, 1.54) is 0 Å². The molecule has 0 radical (unpaired) electrons. The highest BCUT2D eigenvalue weighted by atomic mass is 16.5. The average molecular weight is 643 g/mol. The van der Waals surface area contributed by atoms with E-state index in [0.717, 1.165) is 35.3 Å². The molecule has 0 saturated heterocycles. The predicted octanol–water partition coefficient (Wildman–Crippen LogP) is 5.06. The molecular weight excluding hydrogens is 596 g/mol. The molecule has 9 heteroatoms. The number of aliphatic hydroxyl groups excluding tert-OH is 1. The van der Waals surface area contributed by atoms with Gasteiger partial charge in [-0.1, -0.05) is 84.9 Å². The van der Waals surface area contributed by atoms with Crippen LogP contribution in [0, 0.1) is 5.92 Å². The lowest BCUT2D eigenvalue weighted by Crippen LogP contribution is -2.46. The molecule has 9 nitrogen and oxygen atoms in total. The van der Waals surface area contributed by atoms with Gasteiger partial charge in [0.25, 0.3) is 0 Å². The minimum absolute atomic E-state index is 0.0171. The molecule has 0 unspecified atom stereocenters. The van der Waals surface area contributed by atoms with E-state index in [0.29, 0.717) is 38.9 Å². The Balaban J connectivity index is 1.32. The average Bonchev–Trinajstić information content (AvgIpc) is 3.09. The molecule has 2 amide bonds. The molecule has 0 aliphatic carbocycles. The number of allylic oxidation sites excluding steroid dienone is 2. The fourth-order valence-corrected chi connectivity index (χ4v) is 5.22. The number of carbonyl (C=O) groups is 3. The number of ether oxygens (including phenoxy) is 3. The summed E-state index contributed by atoms with van der Waals surface area (Å²) in [6, 6.07) is 26.1. The Hall–Kier alpha value is -4.47. The van der Waals surface area contributed by atoms with Gasteiger partial charge in [0.1, 0.15) is 19.0 Å². The van der Waals surface area contributed by atoms with Crippen molar-refractivity contribution in [1.29, 1.82) is 0 Å². The summed E-state index contributed by atoms with van der Waals surface area (Å²) in [7, 11) is 0. The fraction of sp³-hybridized carbons (Fsp3) is 0.395. The van der Waals surface area contributed by atoms with Gasteiger partial charge in [-0.3, -0.25) is 14.4 Å². The Morgan fingerprint density at radius 1 is 0.894 bits per heavy atom. The lowest BCUT2D eigenvalue weighted by Gasteiger charge is -2.23. The molecule has 4 rings (SSSR count). The molecule has 0 spiro atoms. The van der Waals surface area contributed by atoms with Gasteiger partial charge >= 0.3 is 5.97 Å². The minimum Gasteiger partial charge on any atom is -0.489 e. The number of benzene rings is 3. The van der Waals surface area contributed by atoms with E-state index < -0.39 is 18.0 Å². The number of carbonyl (C=O) groups excluding carboxylic acids is 3. The van der Waals surface area contributed by atoms with Crippen LogP contribution in [0.2, 0.25) is 0 Å². The number of hydrogen-bond donors (Lipinski definition) is 3. The van der Waals surface area contributed by atoms with Crippen LogP contribution >= 0.6 is 0 Å². The first-order valence-electron chi connectivity index (χ1n) is 16.4. The van der Waals surface area contributed by atoms with Crippen molar-refractivity contribution in [3.05, 3.63) is 114 Å². The predicted molar refractivity (Wildman–Crippen MR) is 179 cm³/mol. The van der Waals surface area contributed by atoms with Crippen molar-refractivity contribution in [1.82, 2.24) is 10.6 Å². The SMILES string of the molecule is O=C(C[C@H]1CC=CCCCCC(=O)OC[C@H](COCc2ccccc2)NC1=O)N[C@H](CO)Cc1ccc(OCc2ccccc2)cc1. The maximum atomic E-state index is 13.5. The van der Waals surface area contributed by atoms with Crippen LogP contribution in [0.15, 0.2) is 97.1 Å². The van der Waals surface area contributed by atoms with E-state index in [4.69, 9.17) is 14.2 Å². The summed E-state index contributed by atoms with van der Waals surface area (Å²) in [5.74, 6) is -0.883. The molecule has 3 atom stereocenters. The van der Waals surface area contributed by atoms with E-state index in [1.54, 1.807) is 0 Å². The fourth-order valence-electron chi connectivity index (χ4n) is 5.22. The second-order valence-corrected chi connectivity index (χ2v) is 11.8. The summed E-state index contributed by atoms with van der Waals surface area (Å²) in [6.07, 6.45) is 7.28. The minimum atomic E-state index is -0.651. The molecule has 1 aliphatic rings. The molecule has 0 aromatic heterocycles. The van der Waals surface area contributed by atoms with Gasteiger partial charge in [-0.05, 0) is 60.9 Å².